The van der Waals surface area contributed by atoms with Crippen molar-refractivity contribution >= 4 is 5.97 Å². The van der Waals surface area contributed by atoms with Crippen LogP contribution in [0.1, 0.15) is 27.2 Å². The first-order valence-electron chi connectivity index (χ1n) is 3.66. The van der Waals surface area contributed by atoms with E-state index in [4.69, 9.17) is 4.74 Å². The van der Waals surface area contributed by atoms with Crippen LogP contribution in [-0.2, 0) is 9.53 Å². The Morgan fingerprint density at radius 2 is 2.20 bits per heavy atom. The third kappa shape index (κ3) is 1.72. The maximum Gasteiger partial charge on any atom is 0.302 e. The molecule has 0 aromatic rings. The van der Waals surface area contributed by atoms with Gasteiger partial charge in [-0.15, -0.1) is 0 Å². The van der Waals surface area contributed by atoms with Crippen LogP contribution in [0.2, 0.25) is 0 Å². The normalized spacial score (nSPS) is 27.7. The first-order chi connectivity index (χ1) is 4.52. The van der Waals surface area contributed by atoms with E-state index in [0.29, 0.717) is 17.9 Å². The van der Waals surface area contributed by atoms with Gasteiger partial charge in [-0.2, -0.15) is 0 Å². The van der Waals surface area contributed by atoms with Gasteiger partial charge in [0.25, 0.3) is 0 Å². The zero-order valence-electron chi connectivity index (χ0n) is 6.81. The Kier molecular flexibility index (Phi) is 1.71. The predicted molar refractivity (Wildman–Crippen MR) is 38.5 cm³/mol. The van der Waals surface area contributed by atoms with E-state index in [0.717, 1.165) is 0 Å². The van der Waals surface area contributed by atoms with E-state index in [-0.39, 0.29) is 5.97 Å². The van der Waals surface area contributed by atoms with E-state index >= 15 is 0 Å². The lowest BCUT2D eigenvalue weighted by molar-refractivity contribution is -0.141. The van der Waals surface area contributed by atoms with Crippen molar-refractivity contribution < 1.29 is 9.53 Å². The molecule has 10 heavy (non-hydrogen) atoms. The van der Waals surface area contributed by atoms with Crippen LogP contribution in [0.15, 0.2) is 0 Å². The minimum atomic E-state index is -0.164. The van der Waals surface area contributed by atoms with Crippen LogP contribution >= 0.6 is 0 Å². The summed E-state index contributed by atoms with van der Waals surface area (Å²) in [5, 5.41) is 0. The lowest BCUT2D eigenvalue weighted by atomic mass is 10.1. The molecule has 1 rings (SSSR count). The van der Waals surface area contributed by atoms with Crippen molar-refractivity contribution in [3.8, 4) is 0 Å². The second-order valence-electron chi connectivity index (χ2n) is 3.69. The third-order valence-corrected chi connectivity index (χ3v) is 2.21. The van der Waals surface area contributed by atoms with E-state index in [1.165, 1.54) is 13.3 Å². The molecule has 0 radical (unpaired) electrons. The first-order valence-corrected chi connectivity index (χ1v) is 3.66. The van der Waals surface area contributed by atoms with E-state index < -0.39 is 0 Å². The average molecular weight is 142 g/mol. The minimum Gasteiger partial charge on any atom is -0.466 e. The van der Waals surface area contributed by atoms with Crippen molar-refractivity contribution in [3.63, 3.8) is 0 Å². The molecule has 0 aromatic heterocycles. The highest BCUT2D eigenvalue weighted by Crippen LogP contribution is 2.51. The molecule has 0 bridgehead atoms. The Bertz CT molecular complexity index is 149. The summed E-state index contributed by atoms with van der Waals surface area (Å²) in [5.41, 5.74) is 0.426. The third-order valence-electron chi connectivity index (χ3n) is 2.21. The van der Waals surface area contributed by atoms with E-state index in [9.17, 15) is 4.79 Å². The molecular formula is C8H14O2. The fraction of sp³-hybridized carbons (Fsp3) is 0.875. The Balaban J connectivity index is 2.13. The highest BCUT2D eigenvalue weighted by molar-refractivity contribution is 5.65. The Labute approximate surface area is 61.6 Å². The molecule has 0 saturated heterocycles. The number of hydrogen-bond acceptors (Lipinski definition) is 2. The average Bonchev–Trinajstić information content (AvgIpc) is 2.35. The van der Waals surface area contributed by atoms with Gasteiger partial charge in [0.1, 0.15) is 0 Å². The molecular weight excluding hydrogens is 128 g/mol. The quantitative estimate of drug-likeness (QED) is 0.547. The fourth-order valence-corrected chi connectivity index (χ4v) is 1.08. The van der Waals surface area contributed by atoms with Gasteiger partial charge in [-0.1, -0.05) is 13.8 Å². The molecule has 1 aliphatic carbocycles. The van der Waals surface area contributed by atoms with Crippen molar-refractivity contribution in [1.29, 1.82) is 0 Å². The van der Waals surface area contributed by atoms with Gasteiger partial charge < -0.3 is 4.74 Å². The van der Waals surface area contributed by atoms with Crippen molar-refractivity contribution in [1.82, 2.24) is 0 Å². The molecule has 2 heteroatoms. The van der Waals surface area contributed by atoms with Crippen LogP contribution < -0.4 is 0 Å². The number of esters is 1. The Morgan fingerprint density at radius 1 is 1.70 bits per heavy atom. The summed E-state index contributed by atoms with van der Waals surface area (Å²) in [5.74, 6) is 0.444. The monoisotopic (exact) mass is 142 g/mol. The van der Waals surface area contributed by atoms with Crippen molar-refractivity contribution in [2.45, 2.75) is 27.2 Å². The molecule has 0 spiro atoms. The summed E-state index contributed by atoms with van der Waals surface area (Å²) >= 11 is 0. The maximum atomic E-state index is 10.4. The zero-order chi connectivity index (χ0) is 7.78. The molecule has 1 atom stereocenters. The summed E-state index contributed by atoms with van der Waals surface area (Å²) in [7, 11) is 0. The second kappa shape index (κ2) is 2.26. The fourth-order valence-electron chi connectivity index (χ4n) is 1.08. The maximum absolute atomic E-state index is 10.4. The predicted octanol–water partition coefficient (Wildman–Crippen LogP) is 1.60. The van der Waals surface area contributed by atoms with Crippen LogP contribution in [0.25, 0.3) is 0 Å². The SMILES string of the molecule is CC(=O)OCC1CC1(C)C. The topological polar surface area (TPSA) is 26.3 Å². The number of hydrogen-bond donors (Lipinski definition) is 0. The van der Waals surface area contributed by atoms with Crippen LogP contribution in [0.3, 0.4) is 0 Å². The van der Waals surface area contributed by atoms with Crippen LogP contribution in [-0.4, -0.2) is 12.6 Å². The summed E-state index contributed by atoms with van der Waals surface area (Å²) in [4.78, 5) is 10.4. The Hall–Kier alpha value is -0.530. The van der Waals surface area contributed by atoms with Gasteiger partial charge in [0, 0.05) is 6.92 Å². The number of ether oxygens (including phenoxy) is 1. The van der Waals surface area contributed by atoms with E-state index in [1.807, 2.05) is 0 Å². The van der Waals surface area contributed by atoms with Gasteiger partial charge in [0.05, 0.1) is 6.61 Å². The number of carbonyl (C=O) groups is 1. The summed E-state index contributed by atoms with van der Waals surface area (Å²) in [6.07, 6.45) is 1.19. The van der Waals surface area contributed by atoms with Gasteiger partial charge in [0.15, 0.2) is 0 Å². The first kappa shape index (κ1) is 7.58. The highest BCUT2D eigenvalue weighted by Gasteiger charge is 2.45. The zero-order valence-corrected chi connectivity index (χ0v) is 6.81. The van der Waals surface area contributed by atoms with Gasteiger partial charge >= 0.3 is 5.97 Å². The molecule has 1 fully saturated rings. The summed E-state index contributed by atoms with van der Waals surface area (Å²) in [6, 6.07) is 0. The number of rotatable bonds is 2. The lowest BCUT2D eigenvalue weighted by Gasteiger charge is -2.02. The molecule has 1 unspecified atom stereocenters. The van der Waals surface area contributed by atoms with Crippen LogP contribution in [0.5, 0.6) is 0 Å². The smallest absolute Gasteiger partial charge is 0.302 e. The molecule has 1 saturated carbocycles. The standard InChI is InChI=1S/C8H14O2/c1-6(9)10-5-7-4-8(7,2)3/h7H,4-5H2,1-3H3. The van der Waals surface area contributed by atoms with Crippen LogP contribution in [0.4, 0.5) is 0 Å². The molecule has 0 N–H and O–H groups in total. The molecule has 0 aliphatic heterocycles. The lowest BCUT2D eigenvalue weighted by Crippen LogP contribution is -2.05. The van der Waals surface area contributed by atoms with Crippen LogP contribution in [0, 0.1) is 11.3 Å². The molecule has 0 heterocycles. The van der Waals surface area contributed by atoms with Gasteiger partial charge in [-0.05, 0) is 17.8 Å². The molecule has 2 nitrogen and oxygen atoms in total. The summed E-state index contributed by atoms with van der Waals surface area (Å²) < 4.78 is 4.86. The minimum absolute atomic E-state index is 0.164. The van der Waals surface area contributed by atoms with Crippen molar-refractivity contribution in [2.75, 3.05) is 6.61 Å². The molecule has 1 aliphatic rings. The van der Waals surface area contributed by atoms with Gasteiger partial charge in [-0.25, -0.2) is 0 Å². The van der Waals surface area contributed by atoms with E-state index in [2.05, 4.69) is 13.8 Å². The second-order valence-corrected chi connectivity index (χ2v) is 3.69. The molecule has 58 valence electrons. The van der Waals surface area contributed by atoms with Crippen molar-refractivity contribution in [3.05, 3.63) is 0 Å². The van der Waals surface area contributed by atoms with Gasteiger partial charge in [-0.3, -0.25) is 4.79 Å². The molecule has 0 aromatic carbocycles. The molecule has 0 amide bonds. The Morgan fingerprint density at radius 3 is 2.50 bits per heavy atom. The number of carbonyl (C=O) groups excluding carboxylic acids is 1. The largest absolute Gasteiger partial charge is 0.466 e. The van der Waals surface area contributed by atoms with Crippen molar-refractivity contribution in [2.24, 2.45) is 11.3 Å². The summed E-state index contributed by atoms with van der Waals surface area (Å²) in [6.45, 7) is 6.46. The van der Waals surface area contributed by atoms with Gasteiger partial charge in [0.2, 0.25) is 0 Å². The van der Waals surface area contributed by atoms with E-state index in [1.54, 1.807) is 0 Å². The highest BCUT2D eigenvalue weighted by atomic mass is 16.5.